The molecule has 3 aromatic rings. The van der Waals surface area contributed by atoms with Gasteiger partial charge in [0.15, 0.2) is 6.23 Å². The van der Waals surface area contributed by atoms with Gasteiger partial charge in [0.25, 0.3) is 5.92 Å². The van der Waals surface area contributed by atoms with Crippen LogP contribution >= 0.6 is 15.9 Å². The summed E-state index contributed by atoms with van der Waals surface area (Å²) in [5.74, 6) is -4.57. The van der Waals surface area contributed by atoms with Gasteiger partial charge in [0.2, 0.25) is 0 Å². The topological polar surface area (TPSA) is 30.3 Å². The predicted molar refractivity (Wildman–Crippen MR) is 125 cm³/mol. The van der Waals surface area contributed by atoms with Gasteiger partial charge in [0, 0.05) is 35.0 Å². The first-order valence-corrected chi connectivity index (χ1v) is 12.3. The molecule has 1 saturated heterocycles. The molecule has 3 heterocycles. The molecule has 0 saturated carbocycles. The minimum absolute atomic E-state index is 0.155. The highest BCUT2D eigenvalue weighted by Gasteiger charge is 2.41. The van der Waals surface area contributed by atoms with Gasteiger partial charge in [0.05, 0.1) is 24.3 Å². The van der Waals surface area contributed by atoms with E-state index in [0.717, 1.165) is 42.7 Å². The van der Waals surface area contributed by atoms with Crippen molar-refractivity contribution in [3.05, 3.63) is 63.3 Å². The average Bonchev–Trinajstić information content (AvgIpc) is 3.19. The van der Waals surface area contributed by atoms with Crippen molar-refractivity contribution in [2.45, 2.75) is 63.8 Å². The summed E-state index contributed by atoms with van der Waals surface area (Å²) in [4.78, 5) is 1.51. The second-order valence-corrected chi connectivity index (χ2v) is 10.4. The Morgan fingerprint density at radius 1 is 1.18 bits per heavy atom. The molecular formula is C25H26BrF4N3O. The molecule has 3 atom stereocenters. The fourth-order valence-electron chi connectivity index (χ4n) is 5.37. The van der Waals surface area contributed by atoms with E-state index in [2.05, 4.69) is 21.0 Å². The Hall–Kier alpha value is -1.97. The van der Waals surface area contributed by atoms with Gasteiger partial charge in [-0.15, -0.1) is 0 Å². The molecule has 9 heteroatoms. The van der Waals surface area contributed by atoms with Crippen LogP contribution in [-0.2, 0) is 11.2 Å². The Labute approximate surface area is 204 Å². The van der Waals surface area contributed by atoms with Crippen LogP contribution in [0.2, 0.25) is 0 Å². The summed E-state index contributed by atoms with van der Waals surface area (Å²) in [7, 11) is 0. The van der Waals surface area contributed by atoms with Crippen LogP contribution in [0.3, 0.4) is 0 Å². The molecule has 0 spiro atoms. The standard InChI is InChI=1S/C25H26BrF4N3O/c1-14-9-17-16(6-7-21-18(17)12-31-33(21)22-5-3-4-8-34-22)24(32(14)13-25(2,29)30)23-19(27)10-15(26)11-20(23)28/h6-7,10-12,14,22,24H,3-5,8-9,13H2,1-2H3/t14-,22?,24+/m1/s1. The molecule has 0 aliphatic carbocycles. The summed E-state index contributed by atoms with van der Waals surface area (Å²) >= 11 is 3.12. The lowest BCUT2D eigenvalue weighted by molar-refractivity contribution is -0.0374. The Morgan fingerprint density at radius 3 is 2.56 bits per heavy atom. The van der Waals surface area contributed by atoms with E-state index in [0.29, 0.717) is 18.6 Å². The molecule has 2 aliphatic heterocycles. The summed E-state index contributed by atoms with van der Waals surface area (Å²) in [6, 6.07) is 4.66. The van der Waals surface area contributed by atoms with Crippen LogP contribution in [0.25, 0.3) is 10.9 Å². The maximum absolute atomic E-state index is 15.2. The van der Waals surface area contributed by atoms with Gasteiger partial charge in [-0.1, -0.05) is 22.0 Å². The molecule has 34 heavy (non-hydrogen) atoms. The minimum atomic E-state index is -3.03. The first kappa shape index (κ1) is 23.8. The van der Waals surface area contributed by atoms with Crippen LogP contribution in [0.5, 0.6) is 0 Å². The molecule has 182 valence electrons. The Kier molecular flexibility index (Phi) is 6.23. The highest BCUT2D eigenvalue weighted by atomic mass is 79.9. The van der Waals surface area contributed by atoms with E-state index in [1.807, 2.05) is 17.7 Å². The van der Waals surface area contributed by atoms with E-state index in [-0.39, 0.29) is 22.3 Å². The van der Waals surface area contributed by atoms with Crippen LogP contribution in [0.4, 0.5) is 17.6 Å². The highest BCUT2D eigenvalue weighted by molar-refractivity contribution is 9.10. The lowest BCUT2D eigenvalue weighted by Crippen LogP contribution is -2.48. The quantitative estimate of drug-likeness (QED) is 0.343. The Morgan fingerprint density at radius 2 is 1.91 bits per heavy atom. The predicted octanol–water partition coefficient (Wildman–Crippen LogP) is 6.77. The Balaban J connectivity index is 1.68. The lowest BCUT2D eigenvalue weighted by Gasteiger charge is -2.43. The maximum Gasteiger partial charge on any atom is 0.257 e. The number of hydrogen-bond donors (Lipinski definition) is 0. The van der Waals surface area contributed by atoms with Gasteiger partial charge in [-0.25, -0.2) is 22.2 Å². The third-order valence-corrected chi connectivity index (χ3v) is 7.28. The second kappa shape index (κ2) is 8.91. The molecule has 2 aromatic carbocycles. The molecule has 0 bridgehead atoms. The number of benzene rings is 2. The number of aromatic nitrogens is 2. The van der Waals surface area contributed by atoms with Crippen molar-refractivity contribution in [2.75, 3.05) is 13.2 Å². The van der Waals surface area contributed by atoms with Crippen molar-refractivity contribution < 1.29 is 22.3 Å². The summed E-state index contributed by atoms with van der Waals surface area (Å²) in [5, 5.41) is 5.44. The molecule has 4 nitrogen and oxygen atoms in total. The fraction of sp³-hybridized carbons (Fsp3) is 0.480. The van der Waals surface area contributed by atoms with E-state index in [1.165, 1.54) is 17.0 Å². The second-order valence-electron chi connectivity index (χ2n) is 9.46. The number of alkyl halides is 2. The molecule has 1 fully saturated rings. The first-order chi connectivity index (χ1) is 16.1. The van der Waals surface area contributed by atoms with E-state index in [4.69, 9.17) is 4.74 Å². The third-order valence-electron chi connectivity index (χ3n) is 6.83. The fourth-order valence-corrected chi connectivity index (χ4v) is 5.78. The van der Waals surface area contributed by atoms with Gasteiger partial charge < -0.3 is 4.74 Å². The van der Waals surface area contributed by atoms with Crippen molar-refractivity contribution in [3.63, 3.8) is 0 Å². The number of fused-ring (bicyclic) bond motifs is 3. The first-order valence-electron chi connectivity index (χ1n) is 11.5. The molecular weight excluding hydrogens is 514 g/mol. The molecule has 0 amide bonds. The van der Waals surface area contributed by atoms with E-state index in [9.17, 15) is 8.78 Å². The van der Waals surface area contributed by atoms with Gasteiger partial charge in [-0.05, 0) is 61.9 Å². The minimum Gasteiger partial charge on any atom is -0.356 e. The van der Waals surface area contributed by atoms with Crippen LogP contribution in [0, 0.1) is 11.6 Å². The summed E-state index contributed by atoms with van der Waals surface area (Å²) in [6.07, 6.45) is 5.01. The molecule has 0 radical (unpaired) electrons. The van der Waals surface area contributed by atoms with E-state index in [1.54, 1.807) is 12.3 Å². The number of rotatable bonds is 4. The van der Waals surface area contributed by atoms with Crippen molar-refractivity contribution >= 4 is 26.8 Å². The van der Waals surface area contributed by atoms with Gasteiger partial charge >= 0.3 is 0 Å². The summed E-state index contributed by atoms with van der Waals surface area (Å²) < 4.78 is 66.8. The normalized spacial score (nSPS) is 23.9. The zero-order chi connectivity index (χ0) is 24.2. The van der Waals surface area contributed by atoms with Gasteiger partial charge in [0.1, 0.15) is 11.6 Å². The molecule has 5 rings (SSSR count). The largest absolute Gasteiger partial charge is 0.356 e. The van der Waals surface area contributed by atoms with Crippen molar-refractivity contribution in [3.8, 4) is 0 Å². The zero-order valence-electron chi connectivity index (χ0n) is 19.0. The smallest absolute Gasteiger partial charge is 0.257 e. The number of hydrogen-bond acceptors (Lipinski definition) is 3. The zero-order valence-corrected chi connectivity index (χ0v) is 20.6. The van der Waals surface area contributed by atoms with E-state index < -0.39 is 30.1 Å². The van der Waals surface area contributed by atoms with Crippen molar-refractivity contribution in [1.29, 1.82) is 0 Å². The number of ether oxygens (including phenoxy) is 1. The van der Waals surface area contributed by atoms with Crippen molar-refractivity contribution in [2.24, 2.45) is 0 Å². The third kappa shape index (κ3) is 4.27. The molecule has 0 N–H and O–H groups in total. The maximum atomic E-state index is 15.2. The highest BCUT2D eigenvalue weighted by Crippen LogP contribution is 2.44. The summed E-state index contributed by atoms with van der Waals surface area (Å²) in [6.45, 7) is 2.72. The number of nitrogens with zero attached hydrogens (tertiary/aromatic N) is 3. The molecule has 1 unspecified atom stereocenters. The monoisotopic (exact) mass is 539 g/mol. The van der Waals surface area contributed by atoms with Crippen LogP contribution in [0.1, 0.15) is 62.1 Å². The van der Waals surface area contributed by atoms with Crippen LogP contribution in [0.15, 0.2) is 34.9 Å². The SMILES string of the molecule is C[C@@H]1Cc2c(ccc3c2cnn3C2CCCCO2)[C@@H](c2c(F)cc(Br)cc2F)N1CC(C)(F)F. The molecule has 1 aromatic heterocycles. The number of halogens is 5. The van der Waals surface area contributed by atoms with Gasteiger partial charge in [-0.2, -0.15) is 5.10 Å². The average molecular weight is 540 g/mol. The Bertz CT molecular complexity index is 1200. The van der Waals surface area contributed by atoms with Crippen LogP contribution < -0.4 is 0 Å². The molecule has 2 aliphatic rings. The lowest BCUT2D eigenvalue weighted by atomic mass is 9.83. The van der Waals surface area contributed by atoms with Gasteiger partial charge in [-0.3, -0.25) is 4.90 Å². The summed E-state index contributed by atoms with van der Waals surface area (Å²) in [5.41, 5.74) is 2.17. The van der Waals surface area contributed by atoms with E-state index >= 15 is 8.78 Å². The van der Waals surface area contributed by atoms with Crippen LogP contribution in [-0.4, -0.2) is 39.8 Å². The van der Waals surface area contributed by atoms with Crippen molar-refractivity contribution in [1.82, 2.24) is 14.7 Å².